The van der Waals surface area contributed by atoms with Gasteiger partial charge in [-0.15, -0.1) is 0 Å². The Bertz CT molecular complexity index is 604. The van der Waals surface area contributed by atoms with Gasteiger partial charge in [-0.2, -0.15) is 0 Å². The number of nitrogen functional groups attached to an aromatic ring is 1. The predicted octanol–water partition coefficient (Wildman–Crippen LogP) is 2.28. The molecular weight excluding hydrogens is 295 g/mol. The average molecular weight is 316 g/mol. The van der Waals surface area contributed by atoms with Gasteiger partial charge in [0.15, 0.2) is 11.6 Å². The molecule has 0 heterocycles. The van der Waals surface area contributed by atoms with E-state index in [-0.39, 0.29) is 21.7 Å². The van der Waals surface area contributed by atoms with Crippen molar-refractivity contribution in [1.82, 2.24) is 4.72 Å². The lowest BCUT2D eigenvalue weighted by Gasteiger charge is -2.16. The molecule has 1 fully saturated rings. The van der Waals surface area contributed by atoms with Crippen LogP contribution in [-0.2, 0) is 10.0 Å². The summed E-state index contributed by atoms with van der Waals surface area (Å²) in [4.78, 5) is -0.175. The molecule has 3 N–H and O–H groups in total. The number of hydrogen-bond acceptors (Lipinski definition) is 4. The number of ether oxygens (including phenoxy) is 1. The van der Waals surface area contributed by atoms with Gasteiger partial charge in [0, 0.05) is 6.54 Å². The molecule has 118 valence electrons. The van der Waals surface area contributed by atoms with Crippen molar-refractivity contribution in [3.8, 4) is 5.75 Å². The standard InChI is InChI=1S/C14H21FN2O3S/c1-3-4-14(5-6-14)9-17-21(18,19)10-7-11(15)13(20-2)12(16)8-10/h7-8,17H,3-6,9,16H2,1-2H3. The molecule has 2 rings (SSSR count). The molecule has 0 aliphatic heterocycles. The third-order valence-corrected chi connectivity index (χ3v) is 5.32. The summed E-state index contributed by atoms with van der Waals surface area (Å²) in [6.45, 7) is 2.46. The summed E-state index contributed by atoms with van der Waals surface area (Å²) in [7, 11) is -2.49. The Hall–Kier alpha value is -1.34. The highest BCUT2D eigenvalue weighted by Crippen LogP contribution is 2.49. The molecule has 7 heteroatoms. The maximum atomic E-state index is 13.8. The first-order chi connectivity index (χ1) is 9.83. The van der Waals surface area contributed by atoms with Crippen LogP contribution in [0.2, 0.25) is 0 Å². The predicted molar refractivity (Wildman–Crippen MR) is 79.1 cm³/mol. The fourth-order valence-corrected chi connectivity index (χ4v) is 3.72. The summed E-state index contributed by atoms with van der Waals surface area (Å²) in [5, 5.41) is 0. The van der Waals surface area contributed by atoms with E-state index >= 15 is 0 Å². The third-order valence-electron chi connectivity index (χ3n) is 3.93. The normalized spacial score (nSPS) is 16.7. The van der Waals surface area contributed by atoms with Crippen molar-refractivity contribution in [3.63, 3.8) is 0 Å². The second-order valence-corrected chi connectivity index (χ2v) is 7.37. The maximum Gasteiger partial charge on any atom is 0.240 e. The van der Waals surface area contributed by atoms with Crippen LogP contribution < -0.4 is 15.2 Å². The first kappa shape index (κ1) is 16.0. The van der Waals surface area contributed by atoms with Gasteiger partial charge in [-0.25, -0.2) is 17.5 Å². The van der Waals surface area contributed by atoms with E-state index in [0.717, 1.165) is 31.7 Å². The fourth-order valence-electron chi connectivity index (χ4n) is 2.51. The smallest absolute Gasteiger partial charge is 0.240 e. The quantitative estimate of drug-likeness (QED) is 0.756. The van der Waals surface area contributed by atoms with E-state index in [1.54, 1.807) is 0 Å². The lowest BCUT2D eigenvalue weighted by Crippen LogP contribution is -2.30. The zero-order valence-corrected chi connectivity index (χ0v) is 13.1. The van der Waals surface area contributed by atoms with Crippen LogP contribution in [0, 0.1) is 11.2 Å². The largest absolute Gasteiger partial charge is 0.492 e. The van der Waals surface area contributed by atoms with Crippen molar-refractivity contribution >= 4 is 15.7 Å². The van der Waals surface area contributed by atoms with Crippen LogP contribution in [0.4, 0.5) is 10.1 Å². The summed E-state index contributed by atoms with van der Waals surface area (Å²) in [5.74, 6) is -0.925. The second-order valence-electron chi connectivity index (χ2n) is 5.60. The van der Waals surface area contributed by atoms with E-state index in [9.17, 15) is 12.8 Å². The minimum absolute atomic E-state index is 0.0347. The SMILES string of the molecule is CCCC1(CNS(=O)(=O)c2cc(N)c(OC)c(F)c2)CC1. The number of sulfonamides is 1. The first-order valence-electron chi connectivity index (χ1n) is 6.96. The van der Waals surface area contributed by atoms with Crippen LogP contribution in [0.1, 0.15) is 32.6 Å². The van der Waals surface area contributed by atoms with Gasteiger partial charge in [-0.1, -0.05) is 13.3 Å². The number of benzene rings is 1. The lowest BCUT2D eigenvalue weighted by molar-refractivity contribution is 0.388. The highest BCUT2D eigenvalue weighted by Gasteiger charge is 2.42. The number of nitrogens with one attached hydrogen (secondary N) is 1. The minimum atomic E-state index is -3.77. The monoisotopic (exact) mass is 316 g/mol. The minimum Gasteiger partial charge on any atom is -0.492 e. The van der Waals surface area contributed by atoms with Crippen LogP contribution in [0.15, 0.2) is 17.0 Å². The zero-order chi connectivity index (χ0) is 15.7. The summed E-state index contributed by atoms with van der Waals surface area (Å²) in [6.07, 6.45) is 4.07. The van der Waals surface area contributed by atoms with Gasteiger partial charge < -0.3 is 10.5 Å². The number of rotatable bonds is 7. The molecule has 1 aromatic rings. The molecule has 1 aromatic carbocycles. The molecule has 21 heavy (non-hydrogen) atoms. The van der Waals surface area contributed by atoms with Gasteiger partial charge >= 0.3 is 0 Å². The topological polar surface area (TPSA) is 81.4 Å². The molecular formula is C14H21FN2O3S. The molecule has 5 nitrogen and oxygen atoms in total. The maximum absolute atomic E-state index is 13.8. The zero-order valence-electron chi connectivity index (χ0n) is 12.3. The van der Waals surface area contributed by atoms with E-state index in [1.807, 2.05) is 0 Å². The van der Waals surface area contributed by atoms with Gasteiger partial charge in [-0.05, 0) is 36.8 Å². The van der Waals surface area contributed by atoms with Crippen LogP contribution in [0.25, 0.3) is 0 Å². The highest BCUT2D eigenvalue weighted by molar-refractivity contribution is 7.89. The molecule has 1 saturated carbocycles. The van der Waals surface area contributed by atoms with Gasteiger partial charge in [-0.3, -0.25) is 0 Å². The first-order valence-corrected chi connectivity index (χ1v) is 8.44. The van der Waals surface area contributed by atoms with Crippen LogP contribution in [-0.4, -0.2) is 22.1 Å². The van der Waals surface area contributed by atoms with E-state index in [4.69, 9.17) is 10.5 Å². The highest BCUT2D eigenvalue weighted by atomic mass is 32.2. The van der Waals surface area contributed by atoms with E-state index in [0.29, 0.717) is 6.54 Å². The van der Waals surface area contributed by atoms with Crippen molar-refractivity contribution in [2.75, 3.05) is 19.4 Å². The van der Waals surface area contributed by atoms with Crippen molar-refractivity contribution in [3.05, 3.63) is 17.9 Å². The molecule has 0 unspecified atom stereocenters. The molecule has 1 aliphatic carbocycles. The van der Waals surface area contributed by atoms with E-state index in [1.165, 1.54) is 13.2 Å². The van der Waals surface area contributed by atoms with Crippen LogP contribution >= 0.6 is 0 Å². The molecule has 0 amide bonds. The number of halogens is 1. The molecule has 0 atom stereocenters. The Morgan fingerprint density at radius 3 is 2.57 bits per heavy atom. The van der Waals surface area contributed by atoms with Crippen molar-refractivity contribution in [2.45, 2.75) is 37.5 Å². The van der Waals surface area contributed by atoms with Crippen molar-refractivity contribution < 1.29 is 17.5 Å². The van der Waals surface area contributed by atoms with Gasteiger partial charge in [0.25, 0.3) is 0 Å². The van der Waals surface area contributed by atoms with Crippen LogP contribution in [0.3, 0.4) is 0 Å². The number of methoxy groups -OCH3 is 1. The van der Waals surface area contributed by atoms with Gasteiger partial charge in [0.05, 0.1) is 17.7 Å². The Kier molecular flexibility index (Phi) is 4.43. The number of anilines is 1. The Balaban J connectivity index is 2.16. The molecule has 0 bridgehead atoms. The Labute approximate surface area is 124 Å². The lowest BCUT2D eigenvalue weighted by atomic mass is 10.0. The summed E-state index contributed by atoms with van der Waals surface area (Å²) >= 11 is 0. The van der Waals surface area contributed by atoms with Gasteiger partial charge in [0.2, 0.25) is 10.0 Å². The number of nitrogens with two attached hydrogens (primary N) is 1. The Morgan fingerprint density at radius 1 is 1.43 bits per heavy atom. The van der Waals surface area contributed by atoms with Crippen molar-refractivity contribution in [2.24, 2.45) is 5.41 Å². The second kappa shape index (κ2) is 5.81. The van der Waals surface area contributed by atoms with Crippen LogP contribution in [0.5, 0.6) is 5.75 Å². The summed E-state index contributed by atoms with van der Waals surface area (Å²) in [6, 6.07) is 2.14. The Morgan fingerprint density at radius 2 is 2.10 bits per heavy atom. The number of hydrogen-bond donors (Lipinski definition) is 2. The van der Waals surface area contributed by atoms with Gasteiger partial charge in [0.1, 0.15) is 0 Å². The summed E-state index contributed by atoms with van der Waals surface area (Å²) < 4.78 is 45.6. The summed E-state index contributed by atoms with van der Waals surface area (Å²) in [5.41, 5.74) is 5.66. The molecule has 0 aromatic heterocycles. The molecule has 0 spiro atoms. The average Bonchev–Trinajstić information content (AvgIpc) is 3.17. The third kappa shape index (κ3) is 3.47. The van der Waals surface area contributed by atoms with E-state index < -0.39 is 15.8 Å². The molecule has 1 aliphatic rings. The molecule has 0 radical (unpaired) electrons. The van der Waals surface area contributed by atoms with E-state index in [2.05, 4.69) is 11.6 Å². The molecule has 0 saturated heterocycles. The van der Waals surface area contributed by atoms with Crippen molar-refractivity contribution in [1.29, 1.82) is 0 Å². The fraction of sp³-hybridized carbons (Fsp3) is 0.571.